The van der Waals surface area contributed by atoms with Crippen LogP contribution >= 0.6 is 27.5 Å². The largest absolute Gasteiger partial charge is 0.490 e. The van der Waals surface area contributed by atoms with E-state index in [0.29, 0.717) is 57.8 Å². The molecule has 2 aromatic carbocycles. The van der Waals surface area contributed by atoms with Gasteiger partial charge >= 0.3 is 0 Å². The first kappa shape index (κ1) is 73.2. The maximum Gasteiger partial charge on any atom is 0.247 e. The summed E-state index contributed by atoms with van der Waals surface area (Å²) >= 11 is 9.54. The highest BCUT2D eigenvalue weighted by molar-refractivity contribution is 9.10. The average molecular weight is 1300 g/mol. The molecule has 0 spiro atoms. The maximum atomic E-state index is 11.7. The van der Waals surface area contributed by atoms with Gasteiger partial charge in [-0.05, 0) is 159 Å². The predicted molar refractivity (Wildman–Crippen MR) is 371 cm³/mol. The summed E-state index contributed by atoms with van der Waals surface area (Å²) in [5.41, 5.74) is 13.0. The summed E-state index contributed by atoms with van der Waals surface area (Å²) in [6.07, 6.45) is 18.3. The van der Waals surface area contributed by atoms with E-state index < -0.39 is 9.84 Å². The number of rotatable bonds is 13. The molecule has 1 aliphatic rings. The third kappa shape index (κ3) is 23.0. The van der Waals surface area contributed by atoms with Crippen LogP contribution in [0.25, 0.3) is 27.1 Å². The minimum absolute atomic E-state index is 0.268. The fourth-order valence-corrected chi connectivity index (χ4v) is 10.4. The highest BCUT2D eigenvalue weighted by Gasteiger charge is 2.19. The lowest BCUT2D eigenvalue weighted by Crippen LogP contribution is -2.30. The topological polar surface area (TPSA) is 141 Å². The number of anilines is 2. The summed E-state index contributed by atoms with van der Waals surface area (Å²) < 4.78 is 34.7. The Bertz CT molecular complexity index is 3570. The number of ether oxygens (including phenoxy) is 2. The first-order valence-electron chi connectivity index (χ1n) is 30.1. The van der Waals surface area contributed by atoms with Crippen LogP contribution in [0.15, 0.2) is 150 Å². The lowest BCUT2D eigenvalue weighted by atomic mass is 10.00. The minimum atomic E-state index is -3.24. The number of piperidine rings is 1. The van der Waals surface area contributed by atoms with Crippen molar-refractivity contribution in [1.29, 1.82) is 0 Å². The number of benzene rings is 2. The van der Waals surface area contributed by atoms with Gasteiger partial charge in [0.25, 0.3) is 0 Å². The van der Waals surface area contributed by atoms with E-state index in [2.05, 4.69) is 179 Å². The molecule has 0 bridgehead atoms. The van der Waals surface area contributed by atoms with Crippen molar-refractivity contribution in [3.05, 3.63) is 200 Å². The van der Waals surface area contributed by atoms with E-state index in [1.54, 1.807) is 44.6 Å². The second-order valence-electron chi connectivity index (χ2n) is 23.6. The van der Waals surface area contributed by atoms with Crippen LogP contribution in [-0.2, 0) is 9.84 Å². The number of nitrogens with zero attached hydrogens (tertiary/aromatic N) is 9. The fourth-order valence-electron chi connectivity index (χ4n) is 8.66. The van der Waals surface area contributed by atoms with Crippen LogP contribution in [0.5, 0.6) is 11.8 Å². The van der Waals surface area contributed by atoms with Gasteiger partial charge in [0.15, 0.2) is 9.84 Å². The van der Waals surface area contributed by atoms with E-state index in [9.17, 15) is 8.42 Å². The van der Waals surface area contributed by atoms with Gasteiger partial charge in [-0.25, -0.2) is 33.2 Å². The van der Waals surface area contributed by atoms with Crippen LogP contribution < -0.4 is 19.3 Å². The standard InChI is InChI=1S/C15H17NO.C14H15N.C13H19BrN2.C11H18N2O2S.C10H12N2O.C9H12ClN/c1-11(2)13-9-14(15(17-3)16-10-13)12-7-5-4-6-8-12;1-11(2)13-8-14(10-15-9-13)12-6-4-3-5-7-12;1-10(2)11-8-12(14)13(15-9-11)16-6-4-3-5-7-16;1-8(2)9-6-10(16(5,14)15)11(12-7-9)13(3)4;1-7(2)8-5-9(11-3)10(13-4)12-6-8;1-6(2)8-4-9(10)7(3)11-5-8/h4-11H,1-3H3;3-11H,1-2H3;8-10H,3-7H2,1-2H3;6-8H,1-5H3;5-7H,1-2,4H3;4-6H,1-3H3. The molecule has 1 fully saturated rings. The van der Waals surface area contributed by atoms with Crippen LogP contribution in [0.1, 0.15) is 177 Å². The predicted octanol–water partition coefficient (Wildman–Crippen LogP) is 19.3. The van der Waals surface area contributed by atoms with Gasteiger partial charge in [-0.15, -0.1) is 0 Å². The van der Waals surface area contributed by atoms with E-state index in [-0.39, 0.29) is 5.92 Å². The number of hydrogen-bond acceptors (Lipinski definition) is 12. The molecular weight excluding hydrogens is 1200 g/mol. The van der Waals surface area contributed by atoms with Crippen molar-refractivity contribution in [3.63, 3.8) is 0 Å². The zero-order chi connectivity index (χ0) is 65.3. The quantitative estimate of drug-likeness (QED) is 0.101. The van der Waals surface area contributed by atoms with E-state index >= 15 is 0 Å². The zero-order valence-corrected chi connectivity index (χ0v) is 58.3. The average Bonchev–Trinajstić information content (AvgIpc) is 3.59. The normalized spacial score (nSPS) is 11.9. The number of methoxy groups -OCH3 is 2. The monoisotopic (exact) mass is 1290 g/mol. The lowest BCUT2D eigenvalue weighted by Gasteiger charge is -2.28. The Morgan fingerprint density at radius 2 is 1.01 bits per heavy atom. The molecule has 0 saturated carbocycles. The van der Waals surface area contributed by atoms with Crippen LogP contribution in [0.2, 0.25) is 5.02 Å². The SMILES string of the molecule is CC(C)c1cnc(N(C)C)c(S(C)(=O)=O)c1.CC(C)c1cnc(N2CCCCC2)c(Br)c1.CC(C)c1cncc(-c2ccccc2)c1.COc1ncc(C(C)C)cc1-c1ccccc1.Cc1ncc(C(C)C)cc1Cl.[C-]#[N+]c1cc(C(C)C)cnc1OC. The summed E-state index contributed by atoms with van der Waals surface area (Å²) in [6.45, 7) is 36.6. The van der Waals surface area contributed by atoms with Crippen LogP contribution in [-0.4, -0.2) is 86.0 Å². The molecule has 1 saturated heterocycles. The number of halogens is 2. The Labute approximate surface area is 540 Å². The molecule has 8 aromatic rings. The van der Waals surface area contributed by atoms with Crippen molar-refractivity contribution in [3.8, 4) is 34.0 Å². The van der Waals surface area contributed by atoms with Gasteiger partial charge in [-0.2, -0.15) is 0 Å². The summed E-state index contributed by atoms with van der Waals surface area (Å²) in [5, 5.41) is 0.760. The van der Waals surface area contributed by atoms with Gasteiger partial charge in [0.2, 0.25) is 17.4 Å². The van der Waals surface area contributed by atoms with Gasteiger partial charge in [0.1, 0.15) is 16.5 Å². The molecule has 0 aliphatic carbocycles. The Morgan fingerprint density at radius 1 is 0.557 bits per heavy atom. The Kier molecular flexibility index (Phi) is 30.2. The summed E-state index contributed by atoms with van der Waals surface area (Å²) in [5.74, 6) is 5.39. The van der Waals surface area contributed by atoms with Gasteiger partial charge < -0.3 is 19.3 Å². The Morgan fingerprint density at radius 3 is 1.50 bits per heavy atom. The van der Waals surface area contributed by atoms with Gasteiger partial charge in [-0.3, -0.25) is 9.97 Å². The third-order valence-electron chi connectivity index (χ3n) is 14.4. The molecule has 1 aliphatic heterocycles. The van der Waals surface area contributed by atoms with Gasteiger partial charge in [-0.1, -0.05) is 155 Å². The smallest absolute Gasteiger partial charge is 0.247 e. The van der Waals surface area contributed by atoms with E-state index in [1.807, 2.05) is 88.2 Å². The molecule has 13 nitrogen and oxygen atoms in total. The highest BCUT2D eigenvalue weighted by Crippen LogP contribution is 2.33. The van der Waals surface area contributed by atoms with Crippen molar-refractivity contribution in [2.45, 2.75) is 150 Å². The van der Waals surface area contributed by atoms with Gasteiger partial charge in [0, 0.05) is 87.9 Å². The number of sulfone groups is 1. The van der Waals surface area contributed by atoms with Crippen LogP contribution in [0.4, 0.5) is 17.3 Å². The molecule has 7 heterocycles. The molecule has 0 N–H and O–H groups in total. The Hall–Kier alpha value is -7.25. The molecule has 0 radical (unpaired) electrons. The highest BCUT2D eigenvalue weighted by atomic mass is 79.9. The molecule has 0 amide bonds. The van der Waals surface area contributed by atoms with Crippen molar-refractivity contribution in [1.82, 2.24) is 29.9 Å². The number of pyridine rings is 6. The summed E-state index contributed by atoms with van der Waals surface area (Å²) in [6, 6.07) is 32.7. The second-order valence-corrected chi connectivity index (χ2v) is 26.9. The van der Waals surface area contributed by atoms with Gasteiger partial charge in [0.05, 0.1) is 36.0 Å². The van der Waals surface area contributed by atoms with Crippen molar-refractivity contribution >= 4 is 54.7 Å². The van der Waals surface area contributed by atoms with Crippen molar-refractivity contribution in [2.24, 2.45) is 0 Å². The molecule has 88 heavy (non-hydrogen) atoms. The van der Waals surface area contributed by atoms with Crippen molar-refractivity contribution in [2.75, 3.05) is 57.5 Å². The maximum absolute atomic E-state index is 11.7. The molecule has 0 atom stereocenters. The lowest BCUT2D eigenvalue weighted by molar-refractivity contribution is 0.399. The van der Waals surface area contributed by atoms with E-state index in [1.165, 1.54) is 66.0 Å². The second kappa shape index (κ2) is 36.3. The minimum Gasteiger partial charge on any atom is -0.490 e. The van der Waals surface area contributed by atoms with E-state index in [0.717, 1.165) is 56.4 Å². The zero-order valence-electron chi connectivity index (χ0n) is 55.1. The van der Waals surface area contributed by atoms with E-state index in [4.69, 9.17) is 27.6 Å². The van der Waals surface area contributed by atoms with Crippen LogP contribution in [0.3, 0.4) is 0 Å². The van der Waals surface area contributed by atoms with Crippen LogP contribution in [0, 0.1) is 13.5 Å². The molecule has 0 unspecified atom stereocenters. The first-order valence-corrected chi connectivity index (χ1v) is 33.2. The number of aromatic nitrogens is 6. The summed E-state index contributed by atoms with van der Waals surface area (Å²) in [4.78, 5) is 33.4. The summed E-state index contributed by atoms with van der Waals surface area (Å²) in [7, 11) is 3.51. The first-order chi connectivity index (χ1) is 41.7. The molecule has 9 rings (SSSR count). The molecular formula is C72H93BrClN9O4S. The molecule has 470 valence electrons. The molecule has 16 heteroatoms. The fraction of sp³-hybridized carbons (Fsp3) is 0.403. The number of hydrogen-bond donors (Lipinski definition) is 0. The van der Waals surface area contributed by atoms with Crippen molar-refractivity contribution < 1.29 is 17.9 Å². The Balaban J connectivity index is 0.000000227. The molecule has 6 aromatic heterocycles. The third-order valence-corrected chi connectivity index (χ3v) is 16.5. The number of aryl methyl sites for hydroxylation is 1.